The maximum Gasteiger partial charge on any atom is 0.226 e. The van der Waals surface area contributed by atoms with Gasteiger partial charge in [0.15, 0.2) is 5.65 Å². The molecule has 0 aliphatic heterocycles. The molecule has 2 aromatic heterocycles. The zero-order chi connectivity index (χ0) is 9.42. The highest BCUT2D eigenvalue weighted by atomic mass is 79.9. The highest BCUT2D eigenvalue weighted by molar-refractivity contribution is 9.10. The summed E-state index contributed by atoms with van der Waals surface area (Å²) >= 11 is 3.46. The molecule has 0 spiro atoms. The van der Waals surface area contributed by atoms with E-state index in [4.69, 9.17) is 5.73 Å². The van der Waals surface area contributed by atoms with Crippen LogP contribution in [0.1, 0.15) is 12.6 Å². The fraction of sp³-hybridized carbons (Fsp3) is 0.250. The van der Waals surface area contributed by atoms with Crippen LogP contribution >= 0.6 is 15.9 Å². The molecular formula is C8H9BrN4. The van der Waals surface area contributed by atoms with Crippen molar-refractivity contribution in [2.24, 2.45) is 0 Å². The van der Waals surface area contributed by atoms with Gasteiger partial charge in [-0.2, -0.15) is 0 Å². The Labute approximate surface area is 83.9 Å². The SMILES string of the molecule is CCc1c(Br)ccc2nnc(N)n12. The number of rotatable bonds is 1. The Morgan fingerprint density at radius 1 is 1.46 bits per heavy atom. The minimum absolute atomic E-state index is 0.438. The van der Waals surface area contributed by atoms with E-state index in [0.29, 0.717) is 5.95 Å². The maximum absolute atomic E-state index is 5.69. The molecule has 0 aliphatic rings. The van der Waals surface area contributed by atoms with E-state index < -0.39 is 0 Å². The lowest BCUT2D eigenvalue weighted by Gasteiger charge is -2.04. The second-order valence-electron chi connectivity index (χ2n) is 2.73. The molecule has 2 rings (SSSR count). The van der Waals surface area contributed by atoms with Crippen LogP contribution < -0.4 is 5.73 Å². The summed E-state index contributed by atoms with van der Waals surface area (Å²) in [6.45, 7) is 2.07. The number of nitrogen functional groups attached to an aromatic ring is 1. The summed E-state index contributed by atoms with van der Waals surface area (Å²) < 4.78 is 2.89. The number of halogens is 1. The molecule has 0 saturated heterocycles. The van der Waals surface area contributed by atoms with Gasteiger partial charge in [0.1, 0.15) is 0 Å². The fourth-order valence-electron chi connectivity index (χ4n) is 1.37. The van der Waals surface area contributed by atoms with Crippen molar-refractivity contribution in [3.8, 4) is 0 Å². The van der Waals surface area contributed by atoms with Crippen LogP contribution in [0.2, 0.25) is 0 Å². The van der Waals surface area contributed by atoms with Crippen molar-refractivity contribution >= 4 is 27.5 Å². The number of hydrogen-bond acceptors (Lipinski definition) is 3. The summed E-state index contributed by atoms with van der Waals surface area (Å²) in [7, 11) is 0. The third-order valence-electron chi connectivity index (χ3n) is 1.97. The zero-order valence-corrected chi connectivity index (χ0v) is 8.74. The predicted molar refractivity (Wildman–Crippen MR) is 54.5 cm³/mol. The van der Waals surface area contributed by atoms with Crippen LogP contribution in [0.4, 0.5) is 5.95 Å². The Kier molecular flexibility index (Phi) is 1.95. The molecule has 2 aromatic rings. The maximum atomic E-state index is 5.69. The van der Waals surface area contributed by atoms with E-state index in [1.807, 2.05) is 16.5 Å². The highest BCUT2D eigenvalue weighted by Crippen LogP contribution is 2.20. The molecule has 2 heterocycles. The number of fused-ring (bicyclic) bond motifs is 1. The average molecular weight is 241 g/mol. The summed E-state index contributed by atoms with van der Waals surface area (Å²) in [6.07, 6.45) is 0.889. The van der Waals surface area contributed by atoms with E-state index in [-0.39, 0.29) is 0 Å². The fourth-order valence-corrected chi connectivity index (χ4v) is 1.96. The summed E-state index contributed by atoms with van der Waals surface area (Å²) in [5, 5.41) is 7.75. The molecule has 0 atom stereocenters. The van der Waals surface area contributed by atoms with E-state index in [2.05, 4.69) is 33.1 Å². The Morgan fingerprint density at radius 2 is 2.23 bits per heavy atom. The van der Waals surface area contributed by atoms with Gasteiger partial charge in [-0.1, -0.05) is 6.92 Å². The van der Waals surface area contributed by atoms with Crippen molar-refractivity contribution in [3.63, 3.8) is 0 Å². The van der Waals surface area contributed by atoms with Crippen molar-refractivity contribution in [1.82, 2.24) is 14.6 Å². The second kappa shape index (κ2) is 2.99. The van der Waals surface area contributed by atoms with Gasteiger partial charge in [-0.05, 0) is 34.5 Å². The predicted octanol–water partition coefficient (Wildman–Crippen LogP) is 1.64. The van der Waals surface area contributed by atoms with Gasteiger partial charge in [-0.3, -0.25) is 4.40 Å². The molecule has 0 radical (unpaired) electrons. The van der Waals surface area contributed by atoms with Crippen LogP contribution in [0.15, 0.2) is 16.6 Å². The first-order valence-electron chi connectivity index (χ1n) is 4.02. The van der Waals surface area contributed by atoms with E-state index >= 15 is 0 Å². The highest BCUT2D eigenvalue weighted by Gasteiger charge is 2.07. The molecule has 5 heteroatoms. The zero-order valence-electron chi connectivity index (χ0n) is 7.16. The summed E-state index contributed by atoms with van der Waals surface area (Å²) in [4.78, 5) is 0. The molecule has 0 amide bonds. The van der Waals surface area contributed by atoms with Gasteiger partial charge in [0, 0.05) is 10.2 Å². The summed E-state index contributed by atoms with van der Waals surface area (Å²) in [5.74, 6) is 0.438. The van der Waals surface area contributed by atoms with Gasteiger partial charge in [-0.15, -0.1) is 10.2 Å². The van der Waals surface area contributed by atoms with Crippen molar-refractivity contribution < 1.29 is 0 Å². The van der Waals surface area contributed by atoms with E-state index in [0.717, 1.165) is 22.2 Å². The van der Waals surface area contributed by atoms with Crippen LogP contribution in [-0.4, -0.2) is 14.6 Å². The van der Waals surface area contributed by atoms with Crippen molar-refractivity contribution in [1.29, 1.82) is 0 Å². The molecule has 13 heavy (non-hydrogen) atoms. The largest absolute Gasteiger partial charge is 0.368 e. The molecule has 68 valence electrons. The smallest absolute Gasteiger partial charge is 0.226 e. The lowest BCUT2D eigenvalue weighted by molar-refractivity contribution is 0.971. The van der Waals surface area contributed by atoms with Gasteiger partial charge < -0.3 is 5.73 Å². The number of pyridine rings is 1. The Bertz CT molecular complexity index is 449. The van der Waals surface area contributed by atoms with Gasteiger partial charge in [0.05, 0.1) is 0 Å². The average Bonchev–Trinajstić information content (AvgIpc) is 2.49. The normalized spacial score (nSPS) is 10.9. The van der Waals surface area contributed by atoms with Crippen LogP contribution in [0.5, 0.6) is 0 Å². The topological polar surface area (TPSA) is 56.2 Å². The Balaban J connectivity index is 2.88. The summed E-state index contributed by atoms with van der Waals surface area (Å²) in [6, 6.07) is 3.84. The van der Waals surface area contributed by atoms with Crippen LogP contribution in [0, 0.1) is 0 Å². The third-order valence-corrected chi connectivity index (χ3v) is 2.69. The van der Waals surface area contributed by atoms with Crippen molar-refractivity contribution in [2.45, 2.75) is 13.3 Å². The Morgan fingerprint density at radius 3 is 2.92 bits per heavy atom. The number of aryl methyl sites for hydroxylation is 1. The molecule has 4 nitrogen and oxygen atoms in total. The molecule has 0 aliphatic carbocycles. The number of anilines is 1. The monoisotopic (exact) mass is 240 g/mol. The first kappa shape index (κ1) is 8.50. The quantitative estimate of drug-likeness (QED) is 0.825. The molecular weight excluding hydrogens is 232 g/mol. The standard InChI is InChI=1S/C8H9BrN4/c1-2-6-5(9)3-4-7-11-12-8(10)13(6)7/h3-4H,2H2,1H3,(H2,10,12). The first-order chi connectivity index (χ1) is 6.24. The first-order valence-corrected chi connectivity index (χ1v) is 4.81. The van der Waals surface area contributed by atoms with Gasteiger partial charge in [0.25, 0.3) is 0 Å². The molecule has 2 N–H and O–H groups in total. The lowest BCUT2D eigenvalue weighted by atomic mass is 10.3. The summed E-state index contributed by atoms with van der Waals surface area (Å²) in [5.41, 5.74) is 7.58. The van der Waals surface area contributed by atoms with E-state index in [1.165, 1.54) is 0 Å². The number of aromatic nitrogens is 3. The molecule has 0 unspecified atom stereocenters. The van der Waals surface area contributed by atoms with Gasteiger partial charge >= 0.3 is 0 Å². The van der Waals surface area contributed by atoms with Gasteiger partial charge in [-0.25, -0.2) is 0 Å². The third kappa shape index (κ3) is 1.19. The molecule has 0 saturated carbocycles. The minimum atomic E-state index is 0.438. The van der Waals surface area contributed by atoms with Crippen molar-refractivity contribution in [2.75, 3.05) is 5.73 Å². The molecule has 0 bridgehead atoms. The number of hydrogen-bond donors (Lipinski definition) is 1. The van der Waals surface area contributed by atoms with Gasteiger partial charge in [0.2, 0.25) is 5.95 Å². The second-order valence-corrected chi connectivity index (χ2v) is 3.59. The van der Waals surface area contributed by atoms with Crippen LogP contribution in [-0.2, 0) is 6.42 Å². The molecule has 0 aromatic carbocycles. The minimum Gasteiger partial charge on any atom is -0.368 e. The van der Waals surface area contributed by atoms with Crippen molar-refractivity contribution in [3.05, 3.63) is 22.3 Å². The Hall–Kier alpha value is -1.10. The van der Waals surface area contributed by atoms with E-state index in [9.17, 15) is 0 Å². The number of nitrogens with zero attached hydrogens (tertiary/aromatic N) is 3. The van der Waals surface area contributed by atoms with Crippen LogP contribution in [0.3, 0.4) is 0 Å². The van der Waals surface area contributed by atoms with E-state index in [1.54, 1.807) is 0 Å². The lowest BCUT2D eigenvalue weighted by Crippen LogP contribution is -2.01. The van der Waals surface area contributed by atoms with Crippen LogP contribution in [0.25, 0.3) is 5.65 Å². The molecule has 0 fully saturated rings. The number of nitrogens with two attached hydrogens (primary N) is 1.